The van der Waals surface area contributed by atoms with Gasteiger partial charge in [0.25, 0.3) is 0 Å². The summed E-state index contributed by atoms with van der Waals surface area (Å²) < 4.78 is 21.8. The number of ether oxygens (including phenoxy) is 4. The van der Waals surface area contributed by atoms with Gasteiger partial charge in [0, 0.05) is 38.2 Å². The molecule has 0 spiro atoms. The summed E-state index contributed by atoms with van der Waals surface area (Å²) in [4.78, 5) is 6.94. The zero-order chi connectivity index (χ0) is 18.9. The van der Waals surface area contributed by atoms with E-state index in [4.69, 9.17) is 23.9 Å². The first-order valence-corrected chi connectivity index (χ1v) is 8.99. The van der Waals surface area contributed by atoms with E-state index in [-0.39, 0.29) is 24.0 Å². The SMILES string of the molecule is CCNC(=NCc1ccc(OC)c(OC)c1OC)N(C)CC1CCOC1.I. The number of hydrogen-bond donors (Lipinski definition) is 1. The van der Waals surface area contributed by atoms with Gasteiger partial charge in [-0.3, -0.25) is 0 Å². The number of guanidine groups is 1. The van der Waals surface area contributed by atoms with E-state index in [1.807, 2.05) is 12.1 Å². The molecule has 1 atom stereocenters. The summed E-state index contributed by atoms with van der Waals surface area (Å²) >= 11 is 0. The Labute approximate surface area is 179 Å². The Bertz CT molecular complexity index is 607. The number of nitrogens with zero attached hydrogens (tertiary/aromatic N) is 2. The zero-order valence-electron chi connectivity index (χ0n) is 16.9. The van der Waals surface area contributed by atoms with Crippen molar-refractivity contribution >= 4 is 29.9 Å². The van der Waals surface area contributed by atoms with Crippen molar-refractivity contribution in [2.45, 2.75) is 19.9 Å². The van der Waals surface area contributed by atoms with Crippen molar-refractivity contribution < 1.29 is 18.9 Å². The number of halogens is 1. The van der Waals surface area contributed by atoms with Crippen LogP contribution in [0.3, 0.4) is 0 Å². The van der Waals surface area contributed by atoms with Crippen LogP contribution in [0.4, 0.5) is 0 Å². The second kappa shape index (κ2) is 12.1. The second-order valence-electron chi connectivity index (χ2n) is 6.27. The van der Waals surface area contributed by atoms with E-state index in [1.54, 1.807) is 21.3 Å². The highest BCUT2D eigenvalue weighted by atomic mass is 127. The molecular weight excluding hydrogens is 461 g/mol. The van der Waals surface area contributed by atoms with Gasteiger partial charge in [0.15, 0.2) is 17.5 Å². The maximum absolute atomic E-state index is 5.55. The molecule has 27 heavy (non-hydrogen) atoms. The lowest BCUT2D eigenvalue weighted by Gasteiger charge is -2.24. The van der Waals surface area contributed by atoms with Gasteiger partial charge in [-0.15, -0.1) is 24.0 Å². The minimum absolute atomic E-state index is 0. The largest absolute Gasteiger partial charge is 0.493 e. The number of hydrogen-bond acceptors (Lipinski definition) is 5. The molecule has 8 heteroatoms. The summed E-state index contributed by atoms with van der Waals surface area (Å²) in [6.45, 7) is 5.97. The van der Waals surface area contributed by atoms with E-state index >= 15 is 0 Å². The Balaban J connectivity index is 0.00000364. The molecule has 1 saturated heterocycles. The summed E-state index contributed by atoms with van der Waals surface area (Å²) in [7, 11) is 6.91. The minimum Gasteiger partial charge on any atom is -0.493 e. The highest BCUT2D eigenvalue weighted by Crippen LogP contribution is 2.39. The lowest BCUT2D eigenvalue weighted by atomic mass is 10.1. The molecule has 1 aromatic rings. The molecule has 0 bridgehead atoms. The summed E-state index contributed by atoms with van der Waals surface area (Å²) in [6.07, 6.45) is 1.10. The lowest BCUT2D eigenvalue weighted by molar-refractivity contribution is 0.181. The van der Waals surface area contributed by atoms with Gasteiger partial charge in [-0.05, 0) is 25.5 Å². The van der Waals surface area contributed by atoms with E-state index in [1.165, 1.54) is 0 Å². The van der Waals surface area contributed by atoms with Crippen molar-refractivity contribution in [2.75, 3.05) is 54.7 Å². The topological polar surface area (TPSA) is 64.6 Å². The second-order valence-corrected chi connectivity index (χ2v) is 6.27. The first-order valence-electron chi connectivity index (χ1n) is 8.99. The van der Waals surface area contributed by atoms with E-state index in [9.17, 15) is 0 Å². The monoisotopic (exact) mass is 493 g/mol. The number of nitrogens with one attached hydrogen (secondary N) is 1. The highest BCUT2D eigenvalue weighted by molar-refractivity contribution is 14.0. The van der Waals surface area contributed by atoms with E-state index in [2.05, 4.69) is 24.2 Å². The molecule has 154 valence electrons. The van der Waals surface area contributed by atoms with Crippen molar-refractivity contribution in [1.82, 2.24) is 10.2 Å². The van der Waals surface area contributed by atoms with Gasteiger partial charge in [-0.1, -0.05) is 0 Å². The van der Waals surface area contributed by atoms with Crippen molar-refractivity contribution in [1.29, 1.82) is 0 Å². The van der Waals surface area contributed by atoms with Crippen LogP contribution >= 0.6 is 24.0 Å². The van der Waals surface area contributed by atoms with Gasteiger partial charge in [0.1, 0.15) is 0 Å². The molecule has 1 aliphatic heterocycles. The van der Waals surface area contributed by atoms with Crippen LogP contribution < -0.4 is 19.5 Å². The van der Waals surface area contributed by atoms with Gasteiger partial charge >= 0.3 is 0 Å². The van der Waals surface area contributed by atoms with Crippen molar-refractivity contribution in [3.05, 3.63) is 17.7 Å². The quantitative estimate of drug-likeness (QED) is 0.342. The molecule has 0 aromatic heterocycles. The summed E-state index contributed by atoms with van der Waals surface area (Å²) in [5, 5.41) is 3.35. The van der Waals surface area contributed by atoms with Crippen molar-refractivity contribution in [2.24, 2.45) is 10.9 Å². The fraction of sp³-hybridized carbons (Fsp3) is 0.632. The number of rotatable bonds is 8. The number of benzene rings is 1. The zero-order valence-corrected chi connectivity index (χ0v) is 19.2. The van der Waals surface area contributed by atoms with Crippen LogP contribution in [0.15, 0.2) is 17.1 Å². The van der Waals surface area contributed by atoms with Gasteiger partial charge in [-0.2, -0.15) is 0 Å². The van der Waals surface area contributed by atoms with E-state index in [0.717, 1.165) is 44.2 Å². The maximum Gasteiger partial charge on any atom is 0.203 e. The summed E-state index contributed by atoms with van der Waals surface area (Å²) in [5.41, 5.74) is 0.943. The van der Waals surface area contributed by atoms with Crippen LogP contribution in [0.5, 0.6) is 17.2 Å². The third-order valence-electron chi connectivity index (χ3n) is 4.44. The summed E-state index contributed by atoms with van der Waals surface area (Å²) in [5.74, 6) is 3.31. The molecule has 1 aliphatic rings. The first kappa shape index (κ1) is 23.6. The third-order valence-corrected chi connectivity index (χ3v) is 4.44. The predicted octanol–water partition coefficient (Wildman–Crippen LogP) is 2.76. The molecule has 1 unspecified atom stereocenters. The Hall–Kier alpha value is -1.42. The minimum atomic E-state index is 0. The van der Waals surface area contributed by atoms with Gasteiger partial charge in [-0.25, -0.2) is 4.99 Å². The van der Waals surface area contributed by atoms with Gasteiger partial charge < -0.3 is 29.2 Å². The molecule has 0 amide bonds. The molecule has 1 aromatic carbocycles. The van der Waals surface area contributed by atoms with Crippen LogP contribution in [0.2, 0.25) is 0 Å². The normalized spacial score (nSPS) is 16.5. The Kier molecular flexibility index (Phi) is 10.6. The number of aliphatic imine (C=N–C) groups is 1. The summed E-state index contributed by atoms with van der Waals surface area (Å²) in [6, 6.07) is 3.83. The van der Waals surface area contributed by atoms with Crippen LogP contribution in [-0.2, 0) is 11.3 Å². The molecular formula is C19H32IN3O4. The smallest absolute Gasteiger partial charge is 0.203 e. The van der Waals surface area contributed by atoms with Gasteiger partial charge in [0.2, 0.25) is 5.75 Å². The third kappa shape index (κ3) is 6.31. The Morgan fingerprint density at radius 1 is 1.22 bits per heavy atom. The first-order chi connectivity index (χ1) is 12.6. The van der Waals surface area contributed by atoms with Crippen molar-refractivity contribution in [3.8, 4) is 17.2 Å². The highest BCUT2D eigenvalue weighted by Gasteiger charge is 2.20. The van der Waals surface area contributed by atoms with Crippen LogP contribution in [0, 0.1) is 5.92 Å². The van der Waals surface area contributed by atoms with Crippen LogP contribution in [0.25, 0.3) is 0 Å². The fourth-order valence-corrected chi connectivity index (χ4v) is 3.12. The van der Waals surface area contributed by atoms with Gasteiger partial charge in [0.05, 0.1) is 34.5 Å². The average molecular weight is 493 g/mol. The van der Waals surface area contributed by atoms with Crippen LogP contribution in [0.1, 0.15) is 18.9 Å². The van der Waals surface area contributed by atoms with Crippen molar-refractivity contribution in [3.63, 3.8) is 0 Å². The van der Waals surface area contributed by atoms with E-state index in [0.29, 0.717) is 29.7 Å². The molecule has 0 saturated carbocycles. The standard InChI is InChI=1S/C19H31N3O4.HI/c1-6-20-19(22(2)12-14-9-10-26-13-14)21-11-15-7-8-16(23-3)18(25-5)17(15)24-4;/h7-8,14H,6,9-13H2,1-5H3,(H,20,21);1H. The molecule has 0 radical (unpaired) electrons. The maximum atomic E-state index is 5.55. The molecule has 2 rings (SSSR count). The predicted molar refractivity (Wildman–Crippen MR) is 118 cm³/mol. The fourth-order valence-electron chi connectivity index (χ4n) is 3.12. The molecule has 1 fully saturated rings. The Morgan fingerprint density at radius 3 is 2.52 bits per heavy atom. The van der Waals surface area contributed by atoms with Crippen LogP contribution in [-0.4, -0.2) is 65.5 Å². The Morgan fingerprint density at radius 2 is 1.96 bits per heavy atom. The number of methoxy groups -OCH3 is 3. The molecule has 0 aliphatic carbocycles. The average Bonchev–Trinajstić information content (AvgIpc) is 3.16. The van der Waals surface area contributed by atoms with E-state index < -0.39 is 0 Å². The lowest BCUT2D eigenvalue weighted by Crippen LogP contribution is -2.41. The molecule has 1 N–H and O–H groups in total. The molecule has 7 nitrogen and oxygen atoms in total. The molecule has 1 heterocycles.